The molecule has 2 aliphatic rings. The highest BCUT2D eigenvalue weighted by atomic mass is 16.5. The summed E-state index contributed by atoms with van der Waals surface area (Å²) < 4.78 is 22.0. The second-order valence-electron chi connectivity index (χ2n) is 8.44. The fourth-order valence-corrected chi connectivity index (χ4v) is 4.21. The number of hydrogen-bond acceptors (Lipinski definition) is 8. The van der Waals surface area contributed by atoms with Gasteiger partial charge >= 0.3 is 0 Å². The molecular formula is C26H25N3O7. The molecule has 2 aromatic carbocycles. The van der Waals surface area contributed by atoms with Gasteiger partial charge in [0.05, 0.1) is 12.8 Å². The Morgan fingerprint density at radius 2 is 1.86 bits per heavy atom. The van der Waals surface area contributed by atoms with Crippen LogP contribution >= 0.6 is 0 Å². The van der Waals surface area contributed by atoms with E-state index in [0.717, 1.165) is 12.8 Å². The molecule has 5 rings (SSSR count). The molecule has 0 unspecified atom stereocenters. The van der Waals surface area contributed by atoms with E-state index in [9.17, 15) is 14.4 Å². The molecule has 10 heteroatoms. The molecule has 1 fully saturated rings. The number of nitrogens with zero attached hydrogens (tertiary/aromatic N) is 3. The van der Waals surface area contributed by atoms with Crippen LogP contribution in [0.15, 0.2) is 53.1 Å². The van der Waals surface area contributed by atoms with Gasteiger partial charge in [-0.1, -0.05) is 12.1 Å². The third-order valence-corrected chi connectivity index (χ3v) is 6.11. The summed E-state index contributed by atoms with van der Waals surface area (Å²) in [5, 5.41) is 0. The maximum Gasteiger partial charge on any atom is 0.275 e. The number of hydrogen-bond donors (Lipinski definition) is 0. The Labute approximate surface area is 207 Å². The Morgan fingerprint density at radius 1 is 1.08 bits per heavy atom. The van der Waals surface area contributed by atoms with Crippen LogP contribution < -0.4 is 19.1 Å². The van der Waals surface area contributed by atoms with Gasteiger partial charge in [-0.2, -0.15) is 0 Å². The first-order valence-electron chi connectivity index (χ1n) is 11.6. The highest BCUT2D eigenvalue weighted by molar-refractivity contribution is 6.02. The molecule has 3 aromatic rings. The van der Waals surface area contributed by atoms with E-state index in [1.807, 2.05) is 6.07 Å². The zero-order chi connectivity index (χ0) is 25.1. The minimum Gasteiger partial charge on any atom is -0.493 e. The lowest BCUT2D eigenvalue weighted by Gasteiger charge is -2.28. The Morgan fingerprint density at radius 3 is 2.64 bits per heavy atom. The molecule has 0 N–H and O–H groups in total. The highest BCUT2D eigenvalue weighted by Crippen LogP contribution is 2.34. The molecular weight excluding hydrogens is 466 g/mol. The number of oxazole rings is 1. The highest BCUT2D eigenvalue weighted by Gasteiger charge is 2.29. The molecule has 0 bridgehead atoms. The van der Waals surface area contributed by atoms with E-state index in [-0.39, 0.29) is 48.9 Å². The molecule has 2 amide bonds. The van der Waals surface area contributed by atoms with Crippen molar-refractivity contribution in [3.8, 4) is 17.2 Å². The Bertz CT molecular complexity index is 1300. The number of benzene rings is 2. The molecule has 0 saturated carbocycles. The number of carbonyl (C=O) groups excluding carboxylic acids is 3. The molecule has 0 radical (unpaired) electrons. The van der Waals surface area contributed by atoms with Crippen LogP contribution in [0, 0.1) is 0 Å². The monoisotopic (exact) mass is 491 g/mol. The van der Waals surface area contributed by atoms with Crippen LogP contribution in [0.25, 0.3) is 0 Å². The van der Waals surface area contributed by atoms with Crippen molar-refractivity contribution in [2.45, 2.75) is 19.4 Å². The van der Waals surface area contributed by atoms with Gasteiger partial charge in [0, 0.05) is 18.7 Å². The van der Waals surface area contributed by atoms with Gasteiger partial charge in [-0.3, -0.25) is 19.3 Å². The maximum absolute atomic E-state index is 12.9. The van der Waals surface area contributed by atoms with Gasteiger partial charge in [0.25, 0.3) is 11.8 Å². The third kappa shape index (κ3) is 4.74. The van der Waals surface area contributed by atoms with Gasteiger partial charge in [0.2, 0.25) is 5.89 Å². The smallest absolute Gasteiger partial charge is 0.275 e. The largest absolute Gasteiger partial charge is 0.493 e. The Kier molecular flexibility index (Phi) is 6.57. The first-order chi connectivity index (χ1) is 17.5. The molecule has 0 spiro atoms. The van der Waals surface area contributed by atoms with E-state index >= 15 is 0 Å². The predicted molar refractivity (Wildman–Crippen MR) is 128 cm³/mol. The summed E-state index contributed by atoms with van der Waals surface area (Å²) in [7, 11) is 1.53. The molecule has 1 aromatic heterocycles. The summed E-state index contributed by atoms with van der Waals surface area (Å²) in [6.45, 7) is 1.03. The fourth-order valence-electron chi connectivity index (χ4n) is 4.21. The summed E-state index contributed by atoms with van der Waals surface area (Å²) in [6, 6.07) is 11.9. The lowest BCUT2D eigenvalue weighted by atomic mass is 10.1. The number of Topliss-reactive ketones (excluding diaryl/α,β-unsaturated/α-hetero) is 1. The second kappa shape index (κ2) is 10.1. The van der Waals surface area contributed by atoms with Crippen LogP contribution in [0.3, 0.4) is 0 Å². The van der Waals surface area contributed by atoms with E-state index in [1.54, 1.807) is 41.3 Å². The van der Waals surface area contributed by atoms with E-state index in [2.05, 4.69) is 4.98 Å². The Balaban J connectivity index is 1.32. The number of anilines is 1. The standard InChI is InChI=1S/C26H25N3O7/c1-33-22-6-2-3-7-23(22)34-15-20(30)17-8-9-21-19(12-17)29(25(31)16-35-21)13-24-27-18(14-36-24)26(32)28-10-4-5-11-28/h2-3,6-9,12,14H,4-5,10-11,13,15-16H2,1H3. The van der Waals surface area contributed by atoms with Crippen molar-refractivity contribution in [1.82, 2.24) is 9.88 Å². The van der Waals surface area contributed by atoms with Crippen LogP contribution in [-0.4, -0.2) is 60.9 Å². The molecule has 0 atom stereocenters. The zero-order valence-electron chi connectivity index (χ0n) is 19.8. The minimum atomic E-state index is -0.317. The topological polar surface area (TPSA) is 111 Å². The van der Waals surface area contributed by atoms with Crippen molar-refractivity contribution in [3.05, 3.63) is 65.9 Å². The minimum absolute atomic E-state index is 0.00215. The summed E-state index contributed by atoms with van der Waals surface area (Å²) in [5.74, 6) is 0.870. The van der Waals surface area contributed by atoms with Crippen LogP contribution in [0.5, 0.6) is 17.2 Å². The number of aromatic nitrogens is 1. The number of carbonyl (C=O) groups is 3. The van der Waals surface area contributed by atoms with Gasteiger partial charge in [-0.25, -0.2) is 4.98 Å². The number of rotatable bonds is 8. The quantitative estimate of drug-likeness (QED) is 0.442. The SMILES string of the molecule is COc1ccccc1OCC(=O)c1ccc2c(c1)N(Cc1nc(C(=O)N3CCCC3)co1)C(=O)CO2. The number of para-hydroxylation sites is 2. The molecule has 2 aliphatic heterocycles. The average Bonchev–Trinajstić information content (AvgIpc) is 3.61. The first-order valence-corrected chi connectivity index (χ1v) is 11.6. The molecule has 3 heterocycles. The van der Waals surface area contributed by atoms with Gasteiger partial charge in [-0.05, 0) is 43.2 Å². The second-order valence-corrected chi connectivity index (χ2v) is 8.44. The van der Waals surface area contributed by atoms with Crippen molar-refractivity contribution < 1.29 is 33.0 Å². The van der Waals surface area contributed by atoms with Crippen molar-refractivity contribution in [2.75, 3.05) is 38.3 Å². The van der Waals surface area contributed by atoms with E-state index in [4.69, 9.17) is 18.6 Å². The van der Waals surface area contributed by atoms with Crippen molar-refractivity contribution in [2.24, 2.45) is 0 Å². The number of ketones is 1. The summed E-state index contributed by atoms with van der Waals surface area (Å²) in [5.41, 5.74) is 0.981. The summed E-state index contributed by atoms with van der Waals surface area (Å²) in [4.78, 5) is 45.6. The molecule has 10 nitrogen and oxygen atoms in total. The normalized spacial score (nSPS) is 14.9. The average molecular weight is 492 g/mol. The molecule has 0 aliphatic carbocycles. The van der Waals surface area contributed by atoms with Crippen LogP contribution in [-0.2, 0) is 11.3 Å². The third-order valence-electron chi connectivity index (χ3n) is 6.11. The lowest BCUT2D eigenvalue weighted by molar-refractivity contribution is -0.121. The molecule has 36 heavy (non-hydrogen) atoms. The van der Waals surface area contributed by atoms with Crippen molar-refractivity contribution in [3.63, 3.8) is 0 Å². The fraction of sp³-hybridized carbons (Fsp3) is 0.308. The van der Waals surface area contributed by atoms with Gasteiger partial charge in [0.1, 0.15) is 18.6 Å². The van der Waals surface area contributed by atoms with Crippen LogP contribution in [0.2, 0.25) is 0 Å². The molecule has 186 valence electrons. The number of fused-ring (bicyclic) bond motifs is 1. The predicted octanol–water partition coefficient (Wildman–Crippen LogP) is 3.11. The number of amides is 2. The van der Waals surface area contributed by atoms with Crippen molar-refractivity contribution in [1.29, 1.82) is 0 Å². The summed E-state index contributed by atoms with van der Waals surface area (Å²) in [6.07, 6.45) is 3.26. The van der Waals surface area contributed by atoms with E-state index < -0.39 is 0 Å². The van der Waals surface area contributed by atoms with Gasteiger partial charge in [0.15, 0.2) is 36.2 Å². The maximum atomic E-state index is 12.9. The lowest BCUT2D eigenvalue weighted by Crippen LogP contribution is -2.38. The Hall–Kier alpha value is -4.34. The summed E-state index contributed by atoms with van der Waals surface area (Å²) >= 11 is 0. The number of ether oxygens (including phenoxy) is 3. The van der Waals surface area contributed by atoms with Crippen LogP contribution in [0.4, 0.5) is 5.69 Å². The van der Waals surface area contributed by atoms with E-state index in [0.29, 0.717) is 41.6 Å². The first kappa shape index (κ1) is 23.4. The van der Waals surface area contributed by atoms with Crippen molar-refractivity contribution >= 4 is 23.3 Å². The van der Waals surface area contributed by atoms with E-state index in [1.165, 1.54) is 18.3 Å². The van der Waals surface area contributed by atoms with Gasteiger partial charge in [-0.15, -0.1) is 0 Å². The van der Waals surface area contributed by atoms with Gasteiger partial charge < -0.3 is 23.5 Å². The zero-order valence-corrected chi connectivity index (χ0v) is 19.8. The molecule has 1 saturated heterocycles. The number of methoxy groups -OCH3 is 1. The van der Waals surface area contributed by atoms with Crippen LogP contribution in [0.1, 0.15) is 39.6 Å². The number of likely N-dealkylation sites (tertiary alicyclic amines) is 1.